The Labute approximate surface area is 113 Å². The van der Waals surface area contributed by atoms with E-state index >= 15 is 0 Å². The van der Waals surface area contributed by atoms with Crippen molar-refractivity contribution < 1.29 is 9.53 Å². The summed E-state index contributed by atoms with van der Waals surface area (Å²) in [6.07, 6.45) is 1.56. The first kappa shape index (κ1) is 15.3. The minimum absolute atomic E-state index is 0.102. The van der Waals surface area contributed by atoms with Crippen molar-refractivity contribution in [3.8, 4) is 0 Å². The van der Waals surface area contributed by atoms with E-state index in [4.69, 9.17) is 38.0 Å². The van der Waals surface area contributed by atoms with Gasteiger partial charge in [-0.3, -0.25) is 4.79 Å². The van der Waals surface area contributed by atoms with Gasteiger partial charge in [0.15, 0.2) is 0 Å². The molecule has 0 aromatic carbocycles. The van der Waals surface area contributed by atoms with Crippen molar-refractivity contribution in [3.63, 3.8) is 0 Å². The summed E-state index contributed by atoms with van der Waals surface area (Å²) in [4.78, 5) is 11.0. The molecule has 0 aliphatic rings. The molecule has 0 aromatic heterocycles. The number of hydrogen-bond acceptors (Lipinski definition) is 2. The third-order valence-corrected chi connectivity index (χ3v) is 4.55. The standard InChI is InChI=1S/C7H12Cl3IO2Si/c1-6(11)7(12)13-4-2-3-5-14(8,9)10/h6H,2-5H2,1H3. The Balaban J connectivity index is 3.35. The summed E-state index contributed by atoms with van der Waals surface area (Å²) in [6, 6.07) is -1.86. The summed E-state index contributed by atoms with van der Waals surface area (Å²) in [5, 5.41) is 0. The molecule has 7 heteroatoms. The normalized spacial score (nSPS) is 13.8. The number of rotatable bonds is 6. The van der Waals surface area contributed by atoms with E-state index < -0.39 is 6.00 Å². The summed E-state index contributed by atoms with van der Waals surface area (Å²) < 4.78 is 4.86. The van der Waals surface area contributed by atoms with Gasteiger partial charge in [0.05, 0.1) is 6.61 Å². The average Bonchev–Trinajstić information content (AvgIpc) is 2.01. The fourth-order valence-corrected chi connectivity index (χ4v) is 2.75. The molecule has 0 N–H and O–H groups in total. The third-order valence-electron chi connectivity index (χ3n) is 1.42. The minimum atomic E-state index is -2.48. The molecular weight excluding hydrogens is 377 g/mol. The van der Waals surface area contributed by atoms with Crippen molar-refractivity contribution in [2.24, 2.45) is 0 Å². The number of esters is 1. The maximum absolute atomic E-state index is 11.0. The summed E-state index contributed by atoms with van der Waals surface area (Å²) in [5.74, 6) is -0.184. The van der Waals surface area contributed by atoms with Crippen molar-refractivity contribution in [1.82, 2.24) is 0 Å². The molecule has 84 valence electrons. The Bertz CT molecular complexity index is 184. The van der Waals surface area contributed by atoms with Crippen LogP contribution in [0.25, 0.3) is 0 Å². The molecule has 0 rings (SSSR count). The molecule has 2 nitrogen and oxygen atoms in total. The van der Waals surface area contributed by atoms with Crippen LogP contribution in [0.4, 0.5) is 0 Å². The smallest absolute Gasteiger partial charge is 0.341 e. The molecule has 0 bridgehead atoms. The second-order valence-electron chi connectivity index (χ2n) is 2.86. The van der Waals surface area contributed by atoms with Gasteiger partial charge in [-0.05, 0) is 25.8 Å². The van der Waals surface area contributed by atoms with Gasteiger partial charge in [-0.25, -0.2) is 0 Å². The zero-order valence-electron chi connectivity index (χ0n) is 7.73. The fraction of sp³-hybridized carbons (Fsp3) is 0.857. The summed E-state index contributed by atoms with van der Waals surface area (Å²) in [6.45, 7) is 2.21. The number of carbonyl (C=O) groups excluding carboxylic acids is 1. The van der Waals surface area contributed by atoms with Gasteiger partial charge < -0.3 is 4.74 Å². The van der Waals surface area contributed by atoms with Crippen LogP contribution in [-0.4, -0.2) is 22.5 Å². The first-order chi connectivity index (χ1) is 6.33. The van der Waals surface area contributed by atoms with Gasteiger partial charge in [0.25, 0.3) is 0 Å². The Kier molecular flexibility index (Phi) is 8.24. The number of alkyl halides is 1. The molecule has 0 aliphatic carbocycles. The second kappa shape index (κ2) is 7.54. The van der Waals surface area contributed by atoms with Gasteiger partial charge in [-0.2, -0.15) is 0 Å². The number of halogens is 4. The lowest BCUT2D eigenvalue weighted by molar-refractivity contribution is -0.142. The van der Waals surface area contributed by atoms with Gasteiger partial charge in [0, 0.05) is 0 Å². The highest BCUT2D eigenvalue weighted by Gasteiger charge is 2.23. The van der Waals surface area contributed by atoms with Crippen LogP contribution in [0.1, 0.15) is 19.8 Å². The number of hydrogen-bond donors (Lipinski definition) is 0. The maximum Gasteiger partial charge on any atom is 0.341 e. The van der Waals surface area contributed by atoms with Crippen LogP contribution in [0.15, 0.2) is 0 Å². The molecule has 0 spiro atoms. The highest BCUT2D eigenvalue weighted by Crippen LogP contribution is 2.26. The Morgan fingerprint density at radius 3 is 2.43 bits per heavy atom. The van der Waals surface area contributed by atoms with E-state index in [1.807, 2.05) is 22.6 Å². The van der Waals surface area contributed by atoms with Crippen LogP contribution in [0.5, 0.6) is 0 Å². The largest absolute Gasteiger partial charge is 0.465 e. The highest BCUT2D eigenvalue weighted by atomic mass is 127. The average molecular weight is 390 g/mol. The molecule has 1 unspecified atom stereocenters. The summed E-state index contributed by atoms with van der Waals surface area (Å²) in [7, 11) is 0. The van der Waals surface area contributed by atoms with Crippen LogP contribution in [0.2, 0.25) is 6.04 Å². The zero-order valence-corrected chi connectivity index (χ0v) is 13.2. The molecule has 0 aliphatic heterocycles. The van der Waals surface area contributed by atoms with Crippen LogP contribution in [-0.2, 0) is 9.53 Å². The first-order valence-electron chi connectivity index (χ1n) is 4.20. The molecular formula is C7H12Cl3IO2Si. The van der Waals surface area contributed by atoms with E-state index in [-0.39, 0.29) is 9.89 Å². The highest BCUT2D eigenvalue weighted by molar-refractivity contribution is 14.1. The van der Waals surface area contributed by atoms with Gasteiger partial charge >= 0.3 is 12.0 Å². The lowest BCUT2D eigenvalue weighted by Crippen LogP contribution is -2.15. The van der Waals surface area contributed by atoms with Crippen molar-refractivity contribution in [2.75, 3.05) is 6.61 Å². The molecule has 1 atom stereocenters. The Morgan fingerprint density at radius 2 is 2.00 bits per heavy atom. The monoisotopic (exact) mass is 388 g/mol. The van der Waals surface area contributed by atoms with E-state index in [1.165, 1.54) is 0 Å². The van der Waals surface area contributed by atoms with Crippen LogP contribution < -0.4 is 0 Å². The molecule has 0 heterocycles. The summed E-state index contributed by atoms with van der Waals surface area (Å²) in [5.41, 5.74) is 0. The van der Waals surface area contributed by atoms with E-state index in [0.29, 0.717) is 12.7 Å². The summed E-state index contributed by atoms with van der Waals surface area (Å²) >= 11 is 19.1. The van der Waals surface area contributed by atoms with Crippen molar-refractivity contribution in [1.29, 1.82) is 0 Å². The quantitative estimate of drug-likeness (QED) is 0.173. The molecule has 0 saturated carbocycles. The van der Waals surface area contributed by atoms with Gasteiger partial charge in [0.1, 0.15) is 3.92 Å². The maximum atomic E-state index is 11.0. The Hall–Kier alpha value is 1.29. The van der Waals surface area contributed by atoms with E-state index in [0.717, 1.165) is 12.8 Å². The molecule has 14 heavy (non-hydrogen) atoms. The molecule has 0 amide bonds. The van der Waals surface area contributed by atoms with E-state index in [9.17, 15) is 4.79 Å². The van der Waals surface area contributed by atoms with Gasteiger partial charge in [-0.15, -0.1) is 33.2 Å². The Morgan fingerprint density at radius 1 is 1.43 bits per heavy atom. The molecule has 0 saturated heterocycles. The van der Waals surface area contributed by atoms with Crippen molar-refractivity contribution >= 4 is 67.8 Å². The second-order valence-corrected chi connectivity index (χ2v) is 14.0. The lowest BCUT2D eigenvalue weighted by atomic mass is 10.3. The number of unbranched alkanes of at least 4 members (excludes halogenated alkanes) is 1. The SMILES string of the molecule is CC(I)C(=O)OCCCC[Si](Cl)(Cl)Cl. The van der Waals surface area contributed by atoms with Crippen molar-refractivity contribution in [2.45, 2.75) is 29.7 Å². The van der Waals surface area contributed by atoms with Crippen LogP contribution in [0.3, 0.4) is 0 Å². The lowest BCUT2D eigenvalue weighted by Gasteiger charge is -2.08. The van der Waals surface area contributed by atoms with Crippen LogP contribution in [0, 0.1) is 0 Å². The fourth-order valence-electron chi connectivity index (χ4n) is 0.715. The topological polar surface area (TPSA) is 26.3 Å². The number of carbonyl (C=O) groups is 1. The predicted molar refractivity (Wildman–Crippen MR) is 71.8 cm³/mol. The molecule has 0 aromatic rings. The van der Waals surface area contributed by atoms with E-state index in [1.54, 1.807) is 6.92 Å². The first-order valence-corrected chi connectivity index (χ1v) is 10.7. The number of ether oxygens (including phenoxy) is 1. The molecule has 0 radical (unpaired) electrons. The molecule has 0 fully saturated rings. The van der Waals surface area contributed by atoms with Crippen LogP contribution >= 0.6 is 55.8 Å². The minimum Gasteiger partial charge on any atom is -0.465 e. The zero-order chi connectivity index (χ0) is 11.2. The van der Waals surface area contributed by atoms with Gasteiger partial charge in [-0.1, -0.05) is 22.6 Å². The van der Waals surface area contributed by atoms with Crippen molar-refractivity contribution in [3.05, 3.63) is 0 Å². The predicted octanol–water partition coefficient (Wildman–Crippen LogP) is 3.79. The third kappa shape index (κ3) is 9.83. The van der Waals surface area contributed by atoms with Gasteiger partial charge in [0.2, 0.25) is 0 Å². The van der Waals surface area contributed by atoms with E-state index in [2.05, 4.69) is 0 Å².